The maximum Gasteiger partial charge on any atom is 0.387 e. The van der Waals surface area contributed by atoms with Gasteiger partial charge in [-0.05, 0) is 29.2 Å². The summed E-state index contributed by atoms with van der Waals surface area (Å²) in [5, 5.41) is 5.15. The molecule has 1 unspecified atom stereocenters. The Kier molecular flexibility index (Phi) is 7.64. The Balaban J connectivity index is 1.76. The molecule has 1 atom stereocenters. The van der Waals surface area contributed by atoms with Crippen molar-refractivity contribution in [2.45, 2.75) is 39.7 Å². The molecule has 190 valence electrons. The van der Waals surface area contributed by atoms with Crippen molar-refractivity contribution in [3.8, 4) is 5.75 Å². The van der Waals surface area contributed by atoms with Crippen LogP contribution in [-0.4, -0.2) is 40.5 Å². The Morgan fingerprint density at radius 3 is 2.33 bits per heavy atom. The molecule has 0 aliphatic carbocycles. The SMILES string of the molecule is CC(C)C(c1ccc(OC(F)F)cc1)n1nc(COCc2ccccc2)c2c(=O)[nH]c(N(C)C)nc21. The van der Waals surface area contributed by atoms with Crippen LogP contribution in [0.4, 0.5) is 14.7 Å². The summed E-state index contributed by atoms with van der Waals surface area (Å²) in [4.78, 5) is 22.3. The van der Waals surface area contributed by atoms with E-state index < -0.39 is 6.61 Å². The number of anilines is 1. The molecule has 0 aliphatic rings. The molecule has 0 saturated carbocycles. The molecule has 0 saturated heterocycles. The molecule has 2 heterocycles. The molecule has 0 fully saturated rings. The molecule has 36 heavy (non-hydrogen) atoms. The Labute approximate surface area is 207 Å². The van der Waals surface area contributed by atoms with E-state index in [1.807, 2.05) is 44.2 Å². The van der Waals surface area contributed by atoms with Crippen LogP contribution >= 0.6 is 0 Å². The topological polar surface area (TPSA) is 85.3 Å². The Hall–Kier alpha value is -3.79. The highest BCUT2D eigenvalue weighted by Gasteiger charge is 2.26. The summed E-state index contributed by atoms with van der Waals surface area (Å²) in [6, 6.07) is 15.9. The number of alkyl halides is 2. The van der Waals surface area contributed by atoms with E-state index in [2.05, 4.69) is 9.72 Å². The van der Waals surface area contributed by atoms with Crippen molar-refractivity contribution in [3.05, 3.63) is 81.8 Å². The lowest BCUT2D eigenvalue weighted by molar-refractivity contribution is -0.0498. The number of hydrogen-bond acceptors (Lipinski definition) is 6. The third-order valence-corrected chi connectivity index (χ3v) is 5.74. The average molecular weight is 498 g/mol. The van der Waals surface area contributed by atoms with Gasteiger partial charge in [0.2, 0.25) is 5.95 Å². The van der Waals surface area contributed by atoms with Crippen LogP contribution in [0.1, 0.15) is 36.7 Å². The molecule has 0 aliphatic heterocycles. The van der Waals surface area contributed by atoms with Gasteiger partial charge >= 0.3 is 6.61 Å². The van der Waals surface area contributed by atoms with Crippen LogP contribution < -0.4 is 15.2 Å². The zero-order valence-electron chi connectivity index (χ0n) is 20.6. The van der Waals surface area contributed by atoms with E-state index in [0.717, 1.165) is 11.1 Å². The van der Waals surface area contributed by atoms with Crippen molar-refractivity contribution in [1.29, 1.82) is 0 Å². The fourth-order valence-corrected chi connectivity index (χ4v) is 4.10. The minimum atomic E-state index is -2.90. The molecule has 0 bridgehead atoms. The number of rotatable bonds is 10. The molecular formula is C26H29F2N5O3. The van der Waals surface area contributed by atoms with E-state index in [0.29, 0.717) is 29.3 Å². The molecule has 10 heteroatoms. The number of hydrogen-bond donors (Lipinski definition) is 1. The van der Waals surface area contributed by atoms with Crippen LogP contribution in [0, 0.1) is 5.92 Å². The van der Waals surface area contributed by atoms with E-state index in [1.54, 1.807) is 35.8 Å². The predicted molar refractivity (Wildman–Crippen MR) is 133 cm³/mol. The maximum absolute atomic E-state index is 13.1. The smallest absolute Gasteiger partial charge is 0.387 e. The van der Waals surface area contributed by atoms with Gasteiger partial charge in [-0.15, -0.1) is 0 Å². The monoisotopic (exact) mass is 497 g/mol. The summed E-state index contributed by atoms with van der Waals surface area (Å²) in [5.74, 6) is 0.506. The molecule has 2 aromatic carbocycles. The largest absolute Gasteiger partial charge is 0.435 e. The van der Waals surface area contributed by atoms with Gasteiger partial charge in [0.15, 0.2) is 5.65 Å². The summed E-state index contributed by atoms with van der Waals surface area (Å²) < 4.78 is 37.3. The molecule has 2 aromatic heterocycles. The molecule has 4 rings (SSSR count). The first-order valence-electron chi connectivity index (χ1n) is 11.6. The van der Waals surface area contributed by atoms with Crippen LogP contribution in [-0.2, 0) is 18.0 Å². The summed E-state index contributed by atoms with van der Waals surface area (Å²) in [6.07, 6.45) is 0. The van der Waals surface area contributed by atoms with Gasteiger partial charge in [0.05, 0.1) is 19.3 Å². The van der Waals surface area contributed by atoms with E-state index in [-0.39, 0.29) is 29.9 Å². The third kappa shape index (κ3) is 5.54. The fraction of sp³-hybridized carbons (Fsp3) is 0.346. The van der Waals surface area contributed by atoms with Crippen molar-refractivity contribution in [3.63, 3.8) is 0 Å². The van der Waals surface area contributed by atoms with Gasteiger partial charge in [-0.25, -0.2) is 4.68 Å². The van der Waals surface area contributed by atoms with E-state index in [1.165, 1.54) is 12.1 Å². The van der Waals surface area contributed by atoms with Crippen molar-refractivity contribution in [2.75, 3.05) is 19.0 Å². The quantitative estimate of drug-likeness (QED) is 0.340. The van der Waals surface area contributed by atoms with Gasteiger partial charge in [-0.2, -0.15) is 18.9 Å². The number of aromatic amines is 1. The average Bonchev–Trinajstić information content (AvgIpc) is 3.19. The first-order chi connectivity index (χ1) is 17.2. The third-order valence-electron chi connectivity index (χ3n) is 5.74. The zero-order chi connectivity index (χ0) is 25.8. The number of benzene rings is 2. The highest BCUT2D eigenvalue weighted by atomic mass is 19.3. The highest BCUT2D eigenvalue weighted by Crippen LogP contribution is 2.31. The predicted octanol–water partition coefficient (Wildman–Crippen LogP) is 4.75. The molecule has 0 spiro atoms. The lowest BCUT2D eigenvalue weighted by atomic mass is 9.96. The molecule has 8 nitrogen and oxygen atoms in total. The first kappa shape index (κ1) is 25.3. The Bertz CT molecular complexity index is 1350. The van der Waals surface area contributed by atoms with Crippen LogP contribution in [0.15, 0.2) is 59.4 Å². The van der Waals surface area contributed by atoms with Gasteiger partial charge in [0.25, 0.3) is 5.56 Å². The minimum Gasteiger partial charge on any atom is -0.435 e. The molecule has 0 radical (unpaired) electrons. The number of nitrogens with one attached hydrogen (secondary N) is 1. The second-order valence-electron chi connectivity index (χ2n) is 8.99. The second-order valence-corrected chi connectivity index (χ2v) is 8.99. The van der Waals surface area contributed by atoms with Gasteiger partial charge in [0.1, 0.15) is 16.8 Å². The van der Waals surface area contributed by atoms with E-state index in [4.69, 9.17) is 14.8 Å². The lowest BCUT2D eigenvalue weighted by Gasteiger charge is -2.23. The number of fused-ring (bicyclic) bond motifs is 1. The normalized spacial score (nSPS) is 12.4. The number of nitrogens with zero attached hydrogens (tertiary/aromatic N) is 4. The van der Waals surface area contributed by atoms with Gasteiger partial charge in [0, 0.05) is 14.1 Å². The van der Waals surface area contributed by atoms with Crippen molar-refractivity contribution in [2.24, 2.45) is 5.92 Å². The van der Waals surface area contributed by atoms with Crippen molar-refractivity contribution < 1.29 is 18.3 Å². The minimum absolute atomic E-state index is 0.0388. The van der Waals surface area contributed by atoms with Crippen LogP contribution in [0.2, 0.25) is 0 Å². The second kappa shape index (κ2) is 10.9. The summed E-state index contributed by atoms with van der Waals surface area (Å²) in [6.45, 7) is 1.64. The van der Waals surface area contributed by atoms with Gasteiger partial charge < -0.3 is 14.4 Å². The number of aromatic nitrogens is 4. The van der Waals surface area contributed by atoms with Crippen LogP contribution in [0.5, 0.6) is 5.75 Å². The molecule has 1 N–H and O–H groups in total. The number of halogens is 2. The fourth-order valence-electron chi connectivity index (χ4n) is 4.10. The van der Waals surface area contributed by atoms with Crippen LogP contribution in [0.3, 0.4) is 0 Å². The number of H-pyrrole nitrogens is 1. The zero-order valence-corrected chi connectivity index (χ0v) is 20.6. The summed E-state index contributed by atoms with van der Waals surface area (Å²) in [5.41, 5.74) is 2.42. The van der Waals surface area contributed by atoms with Crippen molar-refractivity contribution >= 4 is 17.0 Å². The molecule has 0 amide bonds. The lowest BCUT2D eigenvalue weighted by Crippen LogP contribution is -2.22. The Morgan fingerprint density at radius 1 is 1.03 bits per heavy atom. The maximum atomic E-state index is 13.1. The van der Waals surface area contributed by atoms with Crippen LogP contribution in [0.25, 0.3) is 11.0 Å². The van der Waals surface area contributed by atoms with Gasteiger partial charge in [-0.1, -0.05) is 56.3 Å². The Morgan fingerprint density at radius 2 is 1.72 bits per heavy atom. The molecular weight excluding hydrogens is 468 g/mol. The van der Waals surface area contributed by atoms with Crippen molar-refractivity contribution in [1.82, 2.24) is 19.7 Å². The van der Waals surface area contributed by atoms with Gasteiger partial charge in [-0.3, -0.25) is 9.78 Å². The first-order valence-corrected chi connectivity index (χ1v) is 11.6. The summed E-state index contributed by atoms with van der Waals surface area (Å²) >= 11 is 0. The highest BCUT2D eigenvalue weighted by molar-refractivity contribution is 5.78. The van der Waals surface area contributed by atoms with E-state index >= 15 is 0 Å². The summed E-state index contributed by atoms with van der Waals surface area (Å²) in [7, 11) is 3.58. The standard InChI is InChI=1S/C26H29F2N5O3/c1-16(2)22(18-10-12-19(13-11-18)36-25(27)28)33-23-21(24(34)30-26(29-23)32(3)4)20(31-33)15-35-14-17-8-6-5-7-9-17/h5-13,16,22,25H,14-15H2,1-4H3,(H,29,30,34). The number of ether oxygens (including phenoxy) is 2. The molecule has 4 aromatic rings. The van der Waals surface area contributed by atoms with E-state index in [9.17, 15) is 13.6 Å².